The summed E-state index contributed by atoms with van der Waals surface area (Å²) in [5.74, 6) is 0.201. The predicted octanol–water partition coefficient (Wildman–Crippen LogP) is 2.32. The number of hydrogen-bond donors (Lipinski definition) is 1. The summed E-state index contributed by atoms with van der Waals surface area (Å²) in [5, 5.41) is 0. The highest BCUT2D eigenvalue weighted by Crippen LogP contribution is 2.36. The van der Waals surface area contributed by atoms with Crippen LogP contribution in [0.2, 0.25) is 0 Å². The van der Waals surface area contributed by atoms with Crippen molar-refractivity contribution >= 4 is 0 Å². The number of hydrogen-bond acceptors (Lipinski definition) is 2. The summed E-state index contributed by atoms with van der Waals surface area (Å²) in [4.78, 5) is 0. The summed E-state index contributed by atoms with van der Waals surface area (Å²) in [7, 11) is 0. The summed E-state index contributed by atoms with van der Waals surface area (Å²) < 4.78 is 28.2. The SMILES string of the molecule is NC1(Cc2cccc(OC(F)F)c2)CC1. The Bertz CT molecular complexity index is 350. The van der Waals surface area contributed by atoms with E-state index in [1.807, 2.05) is 6.07 Å². The number of ether oxygens (including phenoxy) is 1. The molecule has 0 aliphatic heterocycles. The third kappa shape index (κ3) is 2.89. The first-order valence-corrected chi connectivity index (χ1v) is 4.90. The van der Waals surface area contributed by atoms with Crippen LogP contribution < -0.4 is 10.5 Å². The van der Waals surface area contributed by atoms with Gasteiger partial charge in [0, 0.05) is 5.54 Å². The van der Waals surface area contributed by atoms with E-state index in [2.05, 4.69) is 4.74 Å². The Morgan fingerprint density at radius 3 is 2.73 bits per heavy atom. The zero-order chi connectivity index (χ0) is 10.9. The number of benzene rings is 1. The van der Waals surface area contributed by atoms with Gasteiger partial charge in [0.15, 0.2) is 0 Å². The fraction of sp³-hybridized carbons (Fsp3) is 0.455. The van der Waals surface area contributed by atoms with Gasteiger partial charge in [0.25, 0.3) is 0 Å². The van der Waals surface area contributed by atoms with Gasteiger partial charge in [-0.25, -0.2) is 0 Å². The Hall–Kier alpha value is -1.16. The maximum Gasteiger partial charge on any atom is 0.387 e. The Morgan fingerprint density at radius 2 is 2.13 bits per heavy atom. The molecule has 1 saturated carbocycles. The molecule has 2 nitrogen and oxygen atoms in total. The van der Waals surface area contributed by atoms with Crippen LogP contribution in [0.1, 0.15) is 18.4 Å². The average molecular weight is 213 g/mol. The number of alkyl halides is 2. The summed E-state index contributed by atoms with van der Waals surface area (Å²) in [6.07, 6.45) is 2.74. The first-order chi connectivity index (χ1) is 7.07. The fourth-order valence-electron chi connectivity index (χ4n) is 1.58. The van der Waals surface area contributed by atoms with Crippen LogP contribution in [0.4, 0.5) is 8.78 Å². The van der Waals surface area contributed by atoms with Gasteiger partial charge in [0.05, 0.1) is 0 Å². The molecule has 0 aromatic heterocycles. The van der Waals surface area contributed by atoms with Crippen LogP contribution in [0.3, 0.4) is 0 Å². The van der Waals surface area contributed by atoms with Crippen LogP contribution in [0.15, 0.2) is 24.3 Å². The zero-order valence-electron chi connectivity index (χ0n) is 8.25. The normalized spacial score (nSPS) is 17.9. The van der Waals surface area contributed by atoms with Crippen molar-refractivity contribution in [1.82, 2.24) is 0 Å². The van der Waals surface area contributed by atoms with Crippen molar-refractivity contribution in [3.8, 4) is 5.75 Å². The Kier molecular flexibility index (Phi) is 2.61. The van der Waals surface area contributed by atoms with Gasteiger partial charge in [0.1, 0.15) is 5.75 Å². The molecule has 1 aliphatic rings. The highest BCUT2D eigenvalue weighted by Gasteiger charge is 2.37. The lowest BCUT2D eigenvalue weighted by Crippen LogP contribution is -2.24. The molecule has 2 rings (SSSR count). The van der Waals surface area contributed by atoms with E-state index >= 15 is 0 Å². The summed E-state index contributed by atoms with van der Waals surface area (Å²) in [5.41, 5.74) is 6.79. The maximum atomic E-state index is 12.0. The molecule has 0 bridgehead atoms. The van der Waals surface area contributed by atoms with Gasteiger partial charge in [-0.1, -0.05) is 12.1 Å². The lowest BCUT2D eigenvalue weighted by molar-refractivity contribution is -0.0498. The molecule has 0 spiro atoms. The average Bonchev–Trinajstić information content (AvgIpc) is 2.82. The molecular weight excluding hydrogens is 200 g/mol. The van der Waals surface area contributed by atoms with Crippen molar-refractivity contribution < 1.29 is 13.5 Å². The van der Waals surface area contributed by atoms with E-state index in [0.717, 1.165) is 24.8 Å². The van der Waals surface area contributed by atoms with E-state index in [-0.39, 0.29) is 11.3 Å². The van der Waals surface area contributed by atoms with Gasteiger partial charge in [-0.3, -0.25) is 0 Å². The second-order valence-corrected chi connectivity index (χ2v) is 4.07. The Balaban J connectivity index is 2.05. The molecule has 0 saturated heterocycles. The van der Waals surface area contributed by atoms with E-state index < -0.39 is 6.61 Å². The minimum absolute atomic E-state index is 0.108. The van der Waals surface area contributed by atoms with E-state index in [4.69, 9.17) is 5.73 Å². The standard InChI is InChI=1S/C11H13F2NO/c12-10(13)15-9-3-1-2-8(6-9)7-11(14)4-5-11/h1-3,6,10H,4-5,7,14H2. The highest BCUT2D eigenvalue weighted by atomic mass is 19.3. The lowest BCUT2D eigenvalue weighted by Gasteiger charge is -2.10. The lowest BCUT2D eigenvalue weighted by atomic mass is 10.1. The van der Waals surface area contributed by atoms with Crippen molar-refractivity contribution in [2.75, 3.05) is 0 Å². The molecule has 2 N–H and O–H groups in total. The van der Waals surface area contributed by atoms with Crippen LogP contribution in [-0.2, 0) is 6.42 Å². The van der Waals surface area contributed by atoms with Gasteiger partial charge in [-0.2, -0.15) is 8.78 Å². The third-order valence-electron chi connectivity index (χ3n) is 2.57. The Morgan fingerprint density at radius 1 is 1.40 bits per heavy atom. The minimum atomic E-state index is -2.77. The smallest absolute Gasteiger partial charge is 0.387 e. The van der Waals surface area contributed by atoms with Gasteiger partial charge in [-0.05, 0) is 37.0 Å². The second kappa shape index (κ2) is 3.77. The molecule has 82 valence electrons. The molecule has 0 heterocycles. The molecule has 0 radical (unpaired) electrons. The molecule has 0 unspecified atom stereocenters. The van der Waals surface area contributed by atoms with Crippen LogP contribution in [0.5, 0.6) is 5.75 Å². The van der Waals surface area contributed by atoms with Crippen LogP contribution in [0, 0.1) is 0 Å². The van der Waals surface area contributed by atoms with Crippen LogP contribution in [-0.4, -0.2) is 12.2 Å². The quantitative estimate of drug-likeness (QED) is 0.833. The van der Waals surface area contributed by atoms with Gasteiger partial charge in [0.2, 0.25) is 0 Å². The summed E-state index contributed by atoms with van der Waals surface area (Å²) >= 11 is 0. The Labute approximate surface area is 87.0 Å². The molecule has 0 amide bonds. The maximum absolute atomic E-state index is 12.0. The minimum Gasteiger partial charge on any atom is -0.435 e. The third-order valence-corrected chi connectivity index (χ3v) is 2.57. The van der Waals surface area contributed by atoms with Crippen molar-refractivity contribution in [2.24, 2.45) is 5.73 Å². The van der Waals surface area contributed by atoms with E-state index in [9.17, 15) is 8.78 Å². The molecule has 1 aliphatic carbocycles. The van der Waals surface area contributed by atoms with Gasteiger partial charge >= 0.3 is 6.61 Å². The number of rotatable bonds is 4. The molecule has 1 aromatic rings. The molecule has 0 atom stereocenters. The summed E-state index contributed by atoms with van der Waals surface area (Å²) in [6, 6.07) is 6.73. The first kappa shape index (κ1) is 10.4. The van der Waals surface area contributed by atoms with Gasteiger partial charge < -0.3 is 10.5 Å². The highest BCUT2D eigenvalue weighted by molar-refractivity contribution is 5.30. The molecular formula is C11H13F2NO. The largest absolute Gasteiger partial charge is 0.435 e. The van der Waals surface area contributed by atoms with Crippen molar-refractivity contribution in [3.05, 3.63) is 29.8 Å². The molecule has 4 heteroatoms. The van der Waals surface area contributed by atoms with Crippen LogP contribution in [0.25, 0.3) is 0 Å². The van der Waals surface area contributed by atoms with E-state index in [1.165, 1.54) is 6.07 Å². The predicted molar refractivity (Wildman–Crippen MR) is 52.9 cm³/mol. The first-order valence-electron chi connectivity index (χ1n) is 4.90. The van der Waals surface area contributed by atoms with Crippen LogP contribution >= 0.6 is 0 Å². The summed E-state index contributed by atoms with van der Waals surface area (Å²) in [6.45, 7) is -2.77. The molecule has 15 heavy (non-hydrogen) atoms. The van der Waals surface area contributed by atoms with Crippen molar-refractivity contribution in [3.63, 3.8) is 0 Å². The number of halogens is 2. The zero-order valence-corrected chi connectivity index (χ0v) is 8.25. The van der Waals surface area contributed by atoms with E-state index in [0.29, 0.717) is 0 Å². The van der Waals surface area contributed by atoms with Crippen molar-refractivity contribution in [1.29, 1.82) is 0 Å². The topological polar surface area (TPSA) is 35.2 Å². The van der Waals surface area contributed by atoms with Gasteiger partial charge in [-0.15, -0.1) is 0 Å². The molecule has 1 fully saturated rings. The van der Waals surface area contributed by atoms with E-state index in [1.54, 1.807) is 12.1 Å². The number of nitrogens with two attached hydrogens (primary N) is 1. The van der Waals surface area contributed by atoms with Crippen molar-refractivity contribution in [2.45, 2.75) is 31.4 Å². The molecule has 1 aromatic carbocycles. The second-order valence-electron chi connectivity index (χ2n) is 4.07. The monoisotopic (exact) mass is 213 g/mol. The fourth-order valence-corrected chi connectivity index (χ4v) is 1.58.